The number of ether oxygens (including phenoxy) is 1. The number of nitrogens with one attached hydrogen (secondary N) is 1. The summed E-state index contributed by atoms with van der Waals surface area (Å²) in [7, 11) is -3.21. The van der Waals surface area contributed by atoms with Crippen molar-refractivity contribution >= 4 is 27.2 Å². The van der Waals surface area contributed by atoms with Crippen LogP contribution in [0.2, 0.25) is 0 Å². The van der Waals surface area contributed by atoms with E-state index >= 15 is 0 Å². The van der Waals surface area contributed by atoms with E-state index in [2.05, 4.69) is 24.4 Å². The number of sulfone groups is 1. The summed E-state index contributed by atoms with van der Waals surface area (Å²) in [6.07, 6.45) is 7.32. The van der Waals surface area contributed by atoms with E-state index in [9.17, 15) is 18.0 Å². The van der Waals surface area contributed by atoms with Crippen molar-refractivity contribution in [2.24, 2.45) is 17.8 Å². The van der Waals surface area contributed by atoms with Crippen LogP contribution < -0.4 is 5.32 Å². The van der Waals surface area contributed by atoms with Crippen molar-refractivity contribution in [1.29, 1.82) is 0 Å². The zero-order valence-corrected chi connectivity index (χ0v) is 22.8. The average molecular weight is 526 g/mol. The molecule has 2 fully saturated rings. The molecule has 1 saturated carbocycles. The Kier molecular flexibility index (Phi) is 9.19. The Bertz CT molecular complexity index is 1180. The van der Waals surface area contributed by atoms with Crippen molar-refractivity contribution in [3.8, 4) is 0 Å². The number of amides is 1. The SMILES string of the molecule is CC1CCC([C@H](CC(=O)c2cccc(CS(C)(=O)=O)c2)C(=O)Nc2ccc(C3CCOCC3)cc2)CC1. The van der Waals surface area contributed by atoms with Crippen molar-refractivity contribution < 1.29 is 22.7 Å². The first kappa shape index (κ1) is 27.5. The highest BCUT2D eigenvalue weighted by molar-refractivity contribution is 7.89. The van der Waals surface area contributed by atoms with Gasteiger partial charge in [0.1, 0.15) is 0 Å². The maximum atomic E-state index is 13.5. The van der Waals surface area contributed by atoms with E-state index in [1.807, 2.05) is 12.1 Å². The molecule has 0 unspecified atom stereocenters. The van der Waals surface area contributed by atoms with Crippen molar-refractivity contribution in [2.75, 3.05) is 24.8 Å². The van der Waals surface area contributed by atoms with Crippen LogP contribution in [0.25, 0.3) is 0 Å². The molecule has 37 heavy (non-hydrogen) atoms. The van der Waals surface area contributed by atoms with Crippen LogP contribution in [-0.4, -0.2) is 39.6 Å². The molecule has 2 aliphatic rings. The summed E-state index contributed by atoms with van der Waals surface area (Å²) >= 11 is 0. The van der Waals surface area contributed by atoms with Crippen LogP contribution in [0.5, 0.6) is 0 Å². The summed E-state index contributed by atoms with van der Waals surface area (Å²) in [5, 5.41) is 3.08. The molecule has 0 aromatic heterocycles. The normalized spacial score (nSPS) is 21.8. The molecule has 0 radical (unpaired) electrons. The molecule has 6 nitrogen and oxygen atoms in total. The van der Waals surface area contributed by atoms with E-state index in [4.69, 9.17) is 4.74 Å². The van der Waals surface area contributed by atoms with Gasteiger partial charge in [-0.15, -0.1) is 0 Å². The van der Waals surface area contributed by atoms with Gasteiger partial charge in [0.05, 0.1) is 5.75 Å². The fourth-order valence-electron chi connectivity index (χ4n) is 5.72. The zero-order valence-electron chi connectivity index (χ0n) is 21.9. The molecule has 7 heteroatoms. The molecule has 1 amide bonds. The van der Waals surface area contributed by atoms with E-state index in [-0.39, 0.29) is 29.8 Å². The minimum absolute atomic E-state index is 0.109. The maximum Gasteiger partial charge on any atom is 0.228 e. The average Bonchev–Trinajstić information content (AvgIpc) is 2.88. The molecule has 2 aromatic rings. The lowest BCUT2D eigenvalue weighted by Crippen LogP contribution is -2.33. The van der Waals surface area contributed by atoms with Gasteiger partial charge in [-0.3, -0.25) is 9.59 Å². The molecule has 1 aliphatic heterocycles. The van der Waals surface area contributed by atoms with Gasteiger partial charge in [-0.05, 0) is 72.8 Å². The predicted octanol–water partition coefficient (Wildman–Crippen LogP) is 5.78. The topological polar surface area (TPSA) is 89.5 Å². The van der Waals surface area contributed by atoms with Crippen LogP contribution in [0.3, 0.4) is 0 Å². The number of anilines is 1. The van der Waals surface area contributed by atoms with Crippen molar-refractivity contribution in [1.82, 2.24) is 0 Å². The summed E-state index contributed by atoms with van der Waals surface area (Å²) in [5.41, 5.74) is 3.07. The smallest absolute Gasteiger partial charge is 0.228 e. The zero-order chi connectivity index (χ0) is 26.4. The Labute approximate surface area is 221 Å². The Morgan fingerprint density at radius 3 is 2.30 bits per heavy atom. The second-order valence-electron chi connectivity index (χ2n) is 11.0. The second kappa shape index (κ2) is 12.4. The van der Waals surface area contributed by atoms with Gasteiger partial charge in [0.25, 0.3) is 0 Å². The van der Waals surface area contributed by atoms with Gasteiger partial charge in [0.15, 0.2) is 15.6 Å². The predicted molar refractivity (Wildman–Crippen MR) is 146 cm³/mol. The van der Waals surface area contributed by atoms with Crippen LogP contribution in [0.4, 0.5) is 5.69 Å². The number of hydrogen-bond donors (Lipinski definition) is 1. The third-order valence-corrected chi connectivity index (χ3v) is 8.78. The van der Waals surface area contributed by atoms with Crippen LogP contribution >= 0.6 is 0 Å². The lowest BCUT2D eigenvalue weighted by molar-refractivity contribution is -0.122. The minimum Gasteiger partial charge on any atom is -0.381 e. The molecule has 1 atom stereocenters. The van der Waals surface area contributed by atoms with Gasteiger partial charge in [-0.25, -0.2) is 8.42 Å². The Morgan fingerprint density at radius 2 is 1.65 bits per heavy atom. The third kappa shape index (κ3) is 7.99. The molecule has 2 aromatic carbocycles. The van der Waals surface area contributed by atoms with E-state index < -0.39 is 15.8 Å². The quantitative estimate of drug-likeness (QED) is 0.419. The number of carbonyl (C=O) groups excluding carboxylic acids is 2. The largest absolute Gasteiger partial charge is 0.381 e. The number of rotatable bonds is 9. The van der Waals surface area contributed by atoms with Gasteiger partial charge in [-0.2, -0.15) is 0 Å². The van der Waals surface area contributed by atoms with E-state index in [0.29, 0.717) is 23.0 Å². The number of hydrogen-bond acceptors (Lipinski definition) is 5. The highest BCUT2D eigenvalue weighted by Crippen LogP contribution is 2.36. The summed E-state index contributed by atoms with van der Waals surface area (Å²) < 4.78 is 28.9. The molecule has 4 rings (SSSR count). The molecule has 1 N–H and O–H groups in total. The van der Waals surface area contributed by atoms with Crippen LogP contribution in [0, 0.1) is 17.8 Å². The van der Waals surface area contributed by atoms with Gasteiger partial charge in [0, 0.05) is 43.1 Å². The fraction of sp³-hybridized carbons (Fsp3) is 0.533. The number of ketones is 1. The van der Waals surface area contributed by atoms with Gasteiger partial charge in [-0.1, -0.05) is 50.1 Å². The Morgan fingerprint density at radius 1 is 0.973 bits per heavy atom. The molecule has 0 spiro atoms. The van der Waals surface area contributed by atoms with Crippen molar-refractivity contribution in [3.63, 3.8) is 0 Å². The fourth-order valence-corrected chi connectivity index (χ4v) is 6.51. The lowest BCUT2D eigenvalue weighted by Gasteiger charge is -2.32. The van der Waals surface area contributed by atoms with E-state index in [1.165, 1.54) is 11.8 Å². The second-order valence-corrected chi connectivity index (χ2v) is 13.2. The van der Waals surface area contributed by atoms with Crippen LogP contribution in [0.15, 0.2) is 48.5 Å². The first-order valence-electron chi connectivity index (χ1n) is 13.5. The minimum atomic E-state index is -3.21. The van der Waals surface area contributed by atoms with Crippen LogP contribution in [-0.2, 0) is 25.1 Å². The molecule has 1 saturated heterocycles. The number of carbonyl (C=O) groups is 2. The summed E-state index contributed by atoms with van der Waals surface area (Å²) in [4.78, 5) is 26.9. The highest BCUT2D eigenvalue weighted by Gasteiger charge is 2.33. The molecule has 1 heterocycles. The van der Waals surface area contributed by atoms with Gasteiger partial charge < -0.3 is 10.1 Å². The van der Waals surface area contributed by atoms with Gasteiger partial charge in [0.2, 0.25) is 5.91 Å². The van der Waals surface area contributed by atoms with Crippen LogP contribution in [0.1, 0.15) is 79.3 Å². The molecular formula is C30H39NO5S. The molecular weight excluding hydrogens is 486 g/mol. The molecule has 0 bridgehead atoms. The Balaban J connectivity index is 1.47. The summed E-state index contributed by atoms with van der Waals surface area (Å²) in [6, 6.07) is 14.9. The summed E-state index contributed by atoms with van der Waals surface area (Å²) in [5.74, 6) is 0.521. The van der Waals surface area contributed by atoms with Gasteiger partial charge >= 0.3 is 0 Å². The van der Waals surface area contributed by atoms with Crippen molar-refractivity contribution in [2.45, 2.75) is 63.5 Å². The molecule has 200 valence electrons. The summed E-state index contributed by atoms with van der Waals surface area (Å²) in [6.45, 7) is 3.82. The highest BCUT2D eigenvalue weighted by atomic mass is 32.2. The lowest BCUT2D eigenvalue weighted by atomic mass is 9.74. The third-order valence-electron chi connectivity index (χ3n) is 7.92. The van der Waals surface area contributed by atoms with Crippen molar-refractivity contribution in [3.05, 3.63) is 65.2 Å². The first-order valence-corrected chi connectivity index (χ1v) is 15.5. The Hall–Kier alpha value is -2.51. The molecule has 1 aliphatic carbocycles. The monoisotopic (exact) mass is 525 g/mol. The maximum absolute atomic E-state index is 13.5. The first-order chi connectivity index (χ1) is 17.7. The number of benzene rings is 2. The van der Waals surface area contributed by atoms with E-state index in [0.717, 1.165) is 57.4 Å². The number of Topliss-reactive ketones (excluding diaryl/α,β-unsaturated/α-hetero) is 1. The van der Waals surface area contributed by atoms with E-state index in [1.54, 1.807) is 24.3 Å². The standard InChI is InChI=1S/C30H39NO5S/c1-21-6-8-25(9-7-21)28(19-29(32)26-5-3-4-22(18-26)20-37(2,34)35)30(33)31-27-12-10-23(11-13-27)24-14-16-36-17-15-24/h3-5,10-13,18,21,24-25,28H,6-9,14-17,19-20H2,1-2H3,(H,31,33)/t21?,25?,28-/m0/s1.